The van der Waals surface area contributed by atoms with Crippen molar-refractivity contribution in [3.63, 3.8) is 0 Å². The van der Waals surface area contributed by atoms with E-state index in [0.29, 0.717) is 5.65 Å². The highest BCUT2D eigenvalue weighted by atomic mass is 32.2. The van der Waals surface area contributed by atoms with E-state index < -0.39 is 15.4 Å². The molecule has 148 valence electrons. The minimum atomic E-state index is -3.99. The number of hydrogen-bond donors (Lipinski definition) is 2. The molecule has 9 heteroatoms. The average Bonchev–Trinajstić information content (AvgIpc) is 2.70. The van der Waals surface area contributed by atoms with E-state index in [0.717, 1.165) is 5.56 Å². The molecule has 8 nitrogen and oxygen atoms in total. The minimum absolute atomic E-state index is 0.00492. The summed E-state index contributed by atoms with van der Waals surface area (Å²) in [7, 11) is -3.99. The number of benzene rings is 1. The van der Waals surface area contributed by atoms with Crippen molar-refractivity contribution >= 4 is 32.3 Å². The van der Waals surface area contributed by atoms with Gasteiger partial charge in [-0.2, -0.15) is 0 Å². The molecule has 4 rings (SSSR count). The third-order valence-corrected chi connectivity index (χ3v) is 6.57. The Hall–Kier alpha value is -3.30. The van der Waals surface area contributed by atoms with Gasteiger partial charge in [0.2, 0.25) is 21.3 Å². The number of fused-ring (bicyclic) bond motifs is 2. The molecular formula is C20H19N4O4S+. The highest BCUT2D eigenvalue weighted by Gasteiger charge is 2.29. The predicted molar refractivity (Wildman–Crippen MR) is 107 cm³/mol. The zero-order valence-corrected chi connectivity index (χ0v) is 16.4. The highest BCUT2D eigenvalue weighted by Crippen LogP contribution is 2.26. The minimum Gasteiger partial charge on any atom is -0.393 e. The van der Waals surface area contributed by atoms with Crippen molar-refractivity contribution in [2.24, 2.45) is 0 Å². The van der Waals surface area contributed by atoms with Crippen LogP contribution in [0.15, 0.2) is 69.3 Å². The molecule has 0 bridgehead atoms. The quantitative estimate of drug-likeness (QED) is 0.380. The smallest absolute Gasteiger partial charge is 0.278 e. The number of nitrogens with zero attached hydrogens (tertiary/aromatic N) is 3. The lowest BCUT2D eigenvalue weighted by molar-refractivity contribution is -0.661. The SMILES string of the molecule is Cc1ccc(S(=O)(=O)c2cc3c(=O)n4ccccc4nc3[n+](CCO)c2N)cc1. The number of rotatable bonds is 4. The van der Waals surface area contributed by atoms with Crippen LogP contribution in [0.5, 0.6) is 0 Å². The van der Waals surface area contributed by atoms with Gasteiger partial charge in [-0.1, -0.05) is 28.7 Å². The Labute approximate surface area is 166 Å². The van der Waals surface area contributed by atoms with Crippen LogP contribution in [-0.4, -0.2) is 29.5 Å². The van der Waals surface area contributed by atoms with E-state index in [4.69, 9.17) is 5.73 Å². The Morgan fingerprint density at radius 1 is 1.17 bits per heavy atom. The van der Waals surface area contributed by atoms with Crippen molar-refractivity contribution in [2.45, 2.75) is 23.3 Å². The van der Waals surface area contributed by atoms with Gasteiger partial charge in [0.05, 0.1) is 18.0 Å². The molecule has 0 atom stereocenters. The molecule has 0 aliphatic heterocycles. The summed E-state index contributed by atoms with van der Waals surface area (Å²) in [6.45, 7) is 1.55. The molecule has 0 radical (unpaired) electrons. The van der Waals surface area contributed by atoms with Gasteiger partial charge in [-0.25, -0.2) is 13.0 Å². The van der Waals surface area contributed by atoms with E-state index in [1.54, 1.807) is 36.5 Å². The summed E-state index contributed by atoms with van der Waals surface area (Å²) in [5.41, 5.74) is 7.32. The van der Waals surface area contributed by atoms with E-state index >= 15 is 0 Å². The average molecular weight is 411 g/mol. The molecule has 0 spiro atoms. The van der Waals surface area contributed by atoms with Gasteiger partial charge >= 0.3 is 0 Å². The summed E-state index contributed by atoms with van der Waals surface area (Å²) >= 11 is 0. The number of sulfone groups is 1. The standard InChI is InChI=1S/C20H18N4O4S/c1-13-5-7-14(8-6-13)29(27,28)16-12-15-19(24(10-11-25)18(16)21)22-17-4-2-3-9-23(17)20(15)26/h2-9,12,21,25H,10-11H2,1H3/p+1. The summed E-state index contributed by atoms with van der Waals surface area (Å²) < 4.78 is 29.2. The second kappa shape index (κ2) is 6.94. The van der Waals surface area contributed by atoms with Gasteiger partial charge in [0.25, 0.3) is 11.2 Å². The van der Waals surface area contributed by atoms with Crippen molar-refractivity contribution < 1.29 is 18.1 Å². The number of aliphatic hydroxyl groups is 1. The van der Waals surface area contributed by atoms with Crippen LogP contribution >= 0.6 is 0 Å². The topological polar surface area (TPSA) is 119 Å². The summed E-state index contributed by atoms with van der Waals surface area (Å²) in [5, 5.41) is 9.59. The summed E-state index contributed by atoms with van der Waals surface area (Å²) in [6, 6.07) is 12.7. The molecule has 0 aliphatic rings. The van der Waals surface area contributed by atoms with Gasteiger partial charge in [0, 0.05) is 6.20 Å². The van der Waals surface area contributed by atoms with E-state index in [9.17, 15) is 18.3 Å². The van der Waals surface area contributed by atoms with Gasteiger partial charge in [-0.3, -0.25) is 9.20 Å². The van der Waals surface area contributed by atoms with Crippen molar-refractivity contribution in [1.29, 1.82) is 0 Å². The van der Waals surface area contributed by atoms with Crippen LogP contribution < -0.4 is 15.9 Å². The fourth-order valence-corrected chi connectivity index (χ4v) is 4.67. The first-order valence-electron chi connectivity index (χ1n) is 8.90. The van der Waals surface area contributed by atoms with Crippen LogP contribution in [0, 0.1) is 6.92 Å². The van der Waals surface area contributed by atoms with Gasteiger partial charge in [0.15, 0.2) is 0 Å². The molecule has 0 saturated heterocycles. The third kappa shape index (κ3) is 3.04. The molecule has 29 heavy (non-hydrogen) atoms. The van der Waals surface area contributed by atoms with Crippen LogP contribution in [0.3, 0.4) is 0 Å². The number of nitrogens with two attached hydrogens (primary N) is 1. The number of aliphatic hydroxyl groups excluding tert-OH is 1. The Morgan fingerprint density at radius 2 is 1.90 bits per heavy atom. The Kier molecular flexibility index (Phi) is 4.56. The first kappa shape index (κ1) is 19.0. The summed E-state index contributed by atoms with van der Waals surface area (Å²) in [4.78, 5) is 17.4. The van der Waals surface area contributed by atoms with Gasteiger partial charge in [0.1, 0.15) is 10.3 Å². The first-order chi connectivity index (χ1) is 13.8. The Bertz CT molecular complexity index is 1410. The van der Waals surface area contributed by atoms with E-state index in [1.807, 2.05) is 6.92 Å². The number of aryl methyl sites for hydroxylation is 1. The number of hydrogen-bond acceptors (Lipinski definition) is 6. The Balaban J connectivity index is 2.11. The maximum atomic E-state index is 13.3. The molecule has 0 fully saturated rings. The molecule has 1 aromatic carbocycles. The third-order valence-electron chi connectivity index (χ3n) is 4.77. The second-order valence-corrected chi connectivity index (χ2v) is 8.59. The summed E-state index contributed by atoms with van der Waals surface area (Å²) in [6.07, 6.45) is 1.56. The van der Waals surface area contributed by atoms with Crippen LogP contribution in [0.2, 0.25) is 0 Å². The van der Waals surface area contributed by atoms with E-state index in [1.165, 1.54) is 27.2 Å². The normalized spacial score (nSPS) is 11.9. The van der Waals surface area contributed by atoms with Gasteiger partial charge in [-0.15, -0.1) is 0 Å². The van der Waals surface area contributed by atoms with Crippen LogP contribution in [0.1, 0.15) is 5.56 Å². The summed E-state index contributed by atoms with van der Waals surface area (Å²) in [5.74, 6) is -0.0840. The monoisotopic (exact) mass is 411 g/mol. The maximum absolute atomic E-state index is 13.3. The maximum Gasteiger partial charge on any atom is 0.278 e. The van der Waals surface area contributed by atoms with Crippen molar-refractivity contribution in [2.75, 3.05) is 12.3 Å². The van der Waals surface area contributed by atoms with E-state index in [-0.39, 0.29) is 39.8 Å². The fraction of sp³-hybridized carbons (Fsp3) is 0.150. The van der Waals surface area contributed by atoms with E-state index in [2.05, 4.69) is 4.98 Å². The zero-order chi connectivity index (χ0) is 20.8. The molecule has 3 heterocycles. The van der Waals surface area contributed by atoms with Crippen LogP contribution in [0.4, 0.5) is 5.82 Å². The fourth-order valence-electron chi connectivity index (χ4n) is 3.26. The zero-order valence-electron chi connectivity index (χ0n) is 15.6. The molecule has 0 aliphatic carbocycles. The molecule has 0 unspecified atom stereocenters. The first-order valence-corrected chi connectivity index (χ1v) is 10.4. The highest BCUT2D eigenvalue weighted by molar-refractivity contribution is 7.91. The number of aromatic nitrogens is 3. The lowest BCUT2D eigenvalue weighted by Crippen LogP contribution is -2.43. The van der Waals surface area contributed by atoms with Crippen molar-refractivity contribution in [3.05, 3.63) is 70.6 Å². The van der Waals surface area contributed by atoms with Crippen LogP contribution in [0.25, 0.3) is 16.7 Å². The molecular weight excluding hydrogens is 392 g/mol. The lowest BCUT2D eigenvalue weighted by atomic mass is 10.2. The van der Waals surface area contributed by atoms with Gasteiger partial charge < -0.3 is 10.8 Å². The molecule has 0 saturated carbocycles. The molecule has 3 aromatic heterocycles. The second-order valence-electron chi connectivity index (χ2n) is 6.67. The van der Waals surface area contributed by atoms with Gasteiger partial charge in [-0.05, 0) is 37.3 Å². The molecule has 3 N–H and O–H groups in total. The molecule has 0 amide bonds. The number of nitrogen functional groups attached to an aromatic ring is 1. The molecule has 4 aromatic rings. The predicted octanol–water partition coefficient (Wildman–Crippen LogP) is 0.851. The van der Waals surface area contributed by atoms with Crippen molar-refractivity contribution in [1.82, 2.24) is 9.38 Å². The lowest BCUT2D eigenvalue weighted by Gasteiger charge is -2.12. The number of pyridine rings is 2. The largest absolute Gasteiger partial charge is 0.393 e. The number of anilines is 1. The van der Waals surface area contributed by atoms with Crippen LogP contribution in [-0.2, 0) is 16.4 Å². The van der Waals surface area contributed by atoms with Crippen molar-refractivity contribution in [3.8, 4) is 0 Å². The Morgan fingerprint density at radius 3 is 2.59 bits per heavy atom.